The van der Waals surface area contributed by atoms with E-state index in [0.29, 0.717) is 4.47 Å². The molecular weight excluding hydrogens is 353 g/mol. The number of rotatable bonds is 3. The number of benzene rings is 1. The molecule has 0 aliphatic heterocycles. The highest BCUT2D eigenvalue weighted by atomic mass is 79.9. The third kappa shape index (κ3) is 3.21. The van der Waals surface area contributed by atoms with Crippen molar-refractivity contribution in [3.63, 3.8) is 0 Å². The lowest BCUT2D eigenvalue weighted by Gasteiger charge is -2.09. The second-order valence-electron chi connectivity index (χ2n) is 3.63. The van der Waals surface area contributed by atoms with Crippen molar-refractivity contribution in [2.24, 2.45) is 5.84 Å². The van der Waals surface area contributed by atoms with E-state index in [0.717, 1.165) is 6.07 Å². The van der Waals surface area contributed by atoms with Crippen molar-refractivity contribution < 1.29 is 9.18 Å². The number of aromatic nitrogens is 2. The van der Waals surface area contributed by atoms with Crippen LogP contribution in [0.15, 0.2) is 29.0 Å². The number of halogens is 3. The fraction of sp³-hybridized carbons (Fsp3) is 0. The van der Waals surface area contributed by atoms with Crippen LogP contribution in [0.1, 0.15) is 10.5 Å². The van der Waals surface area contributed by atoms with Gasteiger partial charge in [-0.25, -0.2) is 15.2 Å². The number of anilines is 2. The predicted molar refractivity (Wildman–Crippen MR) is 76.9 cm³/mol. The minimum absolute atomic E-state index is 0.0349. The maximum atomic E-state index is 13.1. The molecule has 0 atom stereocenters. The monoisotopic (exact) mass is 359 g/mol. The van der Waals surface area contributed by atoms with Crippen LogP contribution in [0.25, 0.3) is 0 Å². The molecule has 0 fully saturated rings. The molecule has 1 amide bonds. The van der Waals surface area contributed by atoms with E-state index in [1.165, 1.54) is 18.5 Å². The van der Waals surface area contributed by atoms with Crippen LogP contribution in [0.3, 0.4) is 0 Å². The molecular formula is C11H8BrClFN5O. The van der Waals surface area contributed by atoms with Crippen LogP contribution >= 0.6 is 27.5 Å². The Morgan fingerprint density at radius 2 is 2.15 bits per heavy atom. The van der Waals surface area contributed by atoms with E-state index < -0.39 is 11.7 Å². The van der Waals surface area contributed by atoms with Crippen molar-refractivity contribution in [3.8, 4) is 0 Å². The average molecular weight is 361 g/mol. The second kappa shape index (κ2) is 6.12. The van der Waals surface area contributed by atoms with E-state index in [-0.39, 0.29) is 22.2 Å². The Kier molecular flexibility index (Phi) is 4.48. The van der Waals surface area contributed by atoms with Gasteiger partial charge in [0.1, 0.15) is 11.5 Å². The van der Waals surface area contributed by atoms with Crippen LogP contribution in [0.2, 0.25) is 5.02 Å². The number of nitrogen functional groups attached to an aromatic ring is 1. The van der Waals surface area contributed by atoms with Crippen LogP contribution in [0.5, 0.6) is 0 Å². The summed E-state index contributed by atoms with van der Waals surface area (Å²) in [5.41, 5.74) is 2.55. The molecule has 0 unspecified atom stereocenters. The molecule has 1 aromatic heterocycles. The molecule has 1 heterocycles. The number of hydrogen-bond acceptors (Lipinski definition) is 5. The second-order valence-corrected chi connectivity index (χ2v) is 4.89. The SMILES string of the molecule is NNc1cncc(C(=O)Nc2c(Cl)cc(F)cc2Br)n1. The number of hydrazine groups is 1. The van der Waals surface area contributed by atoms with Gasteiger partial charge in [0.25, 0.3) is 5.91 Å². The van der Waals surface area contributed by atoms with Gasteiger partial charge in [0.15, 0.2) is 5.82 Å². The van der Waals surface area contributed by atoms with Gasteiger partial charge in [-0.15, -0.1) is 0 Å². The van der Waals surface area contributed by atoms with E-state index in [1.807, 2.05) is 0 Å². The van der Waals surface area contributed by atoms with Crippen LogP contribution in [-0.4, -0.2) is 15.9 Å². The van der Waals surface area contributed by atoms with E-state index in [1.54, 1.807) is 0 Å². The first-order chi connectivity index (χ1) is 9.51. The number of nitrogens with two attached hydrogens (primary N) is 1. The molecule has 0 saturated carbocycles. The third-order valence-corrected chi connectivity index (χ3v) is 3.18. The molecule has 1 aromatic carbocycles. The first-order valence-electron chi connectivity index (χ1n) is 5.26. The minimum atomic E-state index is -0.552. The van der Waals surface area contributed by atoms with Crippen molar-refractivity contribution in [2.75, 3.05) is 10.7 Å². The minimum Gasteiger partial charge on any atom is -0.318 e. The summed E-state index contributed by atoms with van der Waals surface area (Å²) in [6, 6.07) is 2.27. The number of carbonyl (C=O) groups excluding carboxylic acids is 1. The fourth-order valence-electron chi connectivity index (χ4n) is 1.38. The zero-order valence-corrected chi connectivity index (χ0v) is 12.2. The van der Waals surface area contributed by atoms with Crippen molar-refractivity contribution >= 4 is 44.9 Å². The van der Waals surface area contributed by atoms with Gasteiger partial charge in [-0.1, -0.05) is 11.6 Å². The lowest BCUT2D eigenvalue weighted by atomic mass is 10.3. The lowest BCUT2D eigenvalue weighted by Crippen LogP contribution is -2.17. The topological polar surface area (TPSA) is 92.9 Å². The Bertz CT molecular complexity index is 646. The van der Waals surface area contributed by atoms with Crippen molar-refractivity contribution in [3.05, 3.63) is 45.5 Å². The smallest absolute Gasteiger partial charge is 0.276 e. The van der Waals surface area contributed by atoms with Gasteiger partial charge >= 0.3 is 0 Å². The molecule has 2 aromatic rings. The number of amides is 1. The highest BCUT2D eigenvalue weighted by Crippen LogP contribution is 2.31. The zero-order valence-electron chi connectivity index (χ0n) is 9.82. The predicted octanol–water partition coefficient (Wildman–Crippen LogP) is 2.57. The first kappa shape index (κ1) is 14.6. The Labute approximate surface area is 126 Å². The van der Waals surface area contributed by atoms with Gasteiger partial charge in [0.05, 0.1) is 23.1 Å². The van der Waals surface area contributed by atoms with Crippen LogP contribution < -0.4 is 16.6 Å². The highest BCUT2D eigenvalue weighted by Gasteiger charge is 2.14. The largest absolute Gasteiger partial charge is 0.318 e. The molecule has 0 spiro atoms. The van der Waals surface area contributed by atoms with Crippen LogP contribution in [0, 0.1) is 5.82 Å². The quantitative estimate of drug-likeness (QED) is 0.578. The summed E-state index contributed by atoms with van der Waals surface area (Å²) in [7, 11) is 0. The molecule has 0 saturated heterocycles. The highest BCUT2D eigenvalue weighted by molar-refractivity contribution is 9.10. The molecule has 0 aliphatic carbocycles. The van der Waals surface area contributed by atoms with Crippen molar-refractivity contribution in [2.45, 2.75) is 0 Å². The maximum absolute atomic E-state index is 13.1. The van der Waals surface area contributed by atoms with Gasteiger partial charge in [0, 0.05) is 4.47 Å². The molecule has 9 heteroatoms. The van der Waals surface area contributed by atoms with Gasteiger partial charge in [0.2, 0.25) is 0 Å². The summed E-state index contributed by atoms with van der Waals surface area (Å²) in [5, 5.41) is 2.58. The molecule has 2 rings (SSSR count). The summed E-state index contributed by atoms with van der Waals surface area (Å²) in [5.74, 6) is 4.35. The van der Waals surface area contributed by atoms with Crippen molar-refractivity contribution in [1.82, 2.24) is 9.97 Å². The molecule has 104 valence electrons. The van der Waals surface area contributed by atoms with E-state index >= 15 is 0 Å². The molecule has 0 aliphatic rings. The Morgan fingerprint density at radius 1 is 1.40 bits per heavy atom. The Morgan fingerprint density at radius 3 is 2.80 bits per heavy atom. The fourth-order valence-corrected chi connectivity index (χ4v) is 2.28. The molecule has 0 radical (unpaired) electrons. The molecule has 0 bridgehead atoms. The maximum Gasteiger partial charge on any atom is 0.276 e. The van der Waals surface area contributed by atoms with Gasteiger partial charge < -0.3 is 10.7 Å². The lowest BCUT2D eigenvalue weighted by molar-refractivity contribution is 0.102. The molecule has 20 heavy (non-hydrogen) atoms. The Balaban J connectivity index is 2.28. The van der Waals surface area contributed by atoms with Gasteiger partial charge in [-0.3, -0.25) is 9.78 Å². The summed E-state index contributed by atoms with van der Waals surface area (Å²) in [6.45, 7) is 0. The van der Waals surface area contributed by atoms with E-state index in [2.05, 4.69) is 36.6 Å². The van der Waals surface area contributed by atoms with Crippen LogP contribution in [-0.2, 0) is 0 Å². The standard InChI is InChI=1S/C11H8BrClFN5O/c12-6-1-5(14)2-7(13)10(6)18-11(20)8-3-16-4-9(17-8)19-15/h1-4H,15H2,(H,17,19)(H,18,20). The third-order valence-electron chi connectivity index (χ3n) is 2.26. The summed E-state index contributed by atoms with van der Waals surface area (Å²) in [4.78, 5) is 19.7. The summed E-state index contributed by atoms with van der Waals surface area (Å²) >= 11 is 8.99. The average Bonchev–Trinajstić information content (AvgIpc) is 2.42. The molecule has 4 N–H and O–H groups in total. The summed E-state index contributed by atoms with van der Waals surface area (Å²) in [6.07, 6.45) is 2.62. The van der Waals surface area contributed by atoms with Crippen LogP contribution in [0.4, 0.5) is 15.9 Å². The summed E-state index contributed by atoms with van der Waals surface area (Å²) < 4.78 is 13.4. The number of nitrogens with one attached hydrogen (secondary N) is 2. The number of nitrogens with zero attached hydrogens (tertiary/aromatic N) is 2. The number of hydrogen-bond donors (Lipinski definition) is 3. The zero-order chi connectivity index (χ0) is 14.7. The van der Waals surface area contributed by atoms with Crippen molar-refractivity contribution in [1.29, 1.82) is 0 Å². The van der Waals surface area contributed by atoms with E-state index in [4.69, 9.17) is 17.4 Å². The Hall–Kier alpha value is -1.77. The number of carbonyl (C=O) groups is 1. The normalized spacial score (nSPS) is 10.2. The van der Waals surface area contributed by atoms with Gasteiger partial charge in [-0.2, -0.15) is 0 Å². The van der Waals surface area contributed by atoms with Gasteiger partial charge in [-0.05, 0) is 28.1 Å². The molecule has 6 nitrogen and oxygen atoms in total. The van der Waals surface area contributed by atoms with E-state index in [9.17, 15) is 9.18 Å². The first-order valence-corrected chi connectivity index (χ1v) is 6.43.